The van der Waals surface area contributed by atoms with E-state index in [1.54, 1.807) is 0 Å². The molecule has 0 atom stereocenters. The number of halogens is 1. The molecule has 3 N–H and O–H groups in total. The van der Waals surface area contributed by atoms with E-state index in [2.05, 4.69) is 20.5 Å². The fourth-order valence-electron chi connectivity index (χ4n) is 3.84. The number of carbonyl (C=O) groups is 1. The van der Waals surface area contributed by atoms with Crippen LogP contribution in [0.25, 0.3) is 22.2 Å². The molecule has 154 valence electrons. The van der Waals surface area contributed by atoms with Crippen molar-refractivity contribution < 1.29 is 15.0 Å². The summed E-state index contributed by atoms with van der Waals surface area (Å²) in [6.45, 7) is 0.804. The lowest BCUT2D eigenvalue weighted by molar-refractivity contribution is 0.0691. The molecule has 29 heavy (non-hydrogen) atoms. The van der Waals surface area contributed by atoms with Gasteiger partial charge in [0.1, 0.15) is 5.75 Å². The molecular weight excluding hydrogens is 394 g/mol. The van der Waals surface area contributed by atoms with Crippen LogP contribution < -0.4 is 5.56 Å². The highest BCUT2D eigenvalue weighted by Gasteiger charge is 2.33. The maximum absolute atomic E-state index is 12.3. The van der Waals surface area contributed by atoms with Gasteiger partial charge in [-0.25, -0.2) is 4.79 Å². The van der Waals surface area contributed by atoms with Crippen LogP contribution in [0.1, 0.15) is 40.4 Å². The maximum atomic E-state index is 12.3. The number of rotatable bonds is 5. The quantitative estimate of drug-likeness (QED) is 0.591. The van der Waals surface area contributed by atoms with Crippen molar-refractivity contribution in [2.24, 2.45) is 7.05 Å². The summed E-state index contributed by atoms with van der Waals surface area (Å²) in [5, 5.41) is 20.9. The summed E-state index contributed by atoms with van der Waals surface area (Å²) in [6, 6.07) is 7.98. The third-order valence-electron chi connectivity index (χ3n) is 5.34. The highest BCUT2D eigenvalue weighted by atomic mass is 35.5. The van der Waals surface area contributed by atoms with Crippen LogP contribution in [0, 0.1) is 0 Å². The number of aromatic amines is 1. The molecule has 8 heteroatoms. The second-order valence-electron chi connectivity index (χ2n) is 7.75. The Morgan fingerprint density at radius 1 is 1.28 bits per heavy atom. The first-order valence-electron chi connectivity index (χ1n) is 9.23. The molecule has 1 aromatic carbocycles. The average Bonchev–Trinajstić information content (AvgIpc) is 3.39. The standard InChI is InChI=1S/C21H23N3O4.ClH/c1-23(2)10-14-9-13-8-12(6-7-15(13)24(14)3)18-16(11-4-5-11)19(25)17(21(27)28)20(26)22-18;/h6-9,11H,4-5,10H2,1-3H3,(H,27,28)(H2,22,25,26);1H. The molecule has 3 aromatic rings. The monoisotopic (exact) mass is 417 g/mol. The van der Waals surface area contributed by atoms with Crippen molar-refractivity contribution in [1.82, 2.24) is 14.5 Å². The minimum absolute atomic E-state index is 0. The van der Waals surface area contributed by atoms with Crippen LogP contribution in [0.3, 0.4) is 0 Å². The highest BCUT2D eigenvalue weighted by molar-refractivity contribution is 5.93. The molecule has 1 fully saturated rings. The van der Waals surface area contributed by atoms with Crippen molar-refractivity contribution in [3.63, 3.8) is 0 Å². The maximum Gasteiger partial charge on any atom is 0.345 e. The summed E-state index contributed by atoms with van der Waals surface area (Å²) in [5.41, 5.74) is 2.67. The summed E-state index contributed by atoms with van der Waals surface area (Å²) in [5.74, 6) is -1.75. The zero-order valence-electron chi connectivity index (χ0n) is 16.5. The normalized spacial score (nSPS) is 13.7. The number of carboxylic acids is 1. The fourth-order valence-corrected chi connectivity index (χ4v) is 3.84. The van der Waals surface area contributed by atoms with Gasteiger partial charge in [-0.15, -0.1) is 12.4 Å². The Balaban J connectivity index is 0.00000240. The van der Waals surface area contributed by atoms with Gasteiger partial charge in [0.2, 0.25) is 0 Å². The molecule has 0 amide bonds. The van der Waals surface area contributed by atoms with Crippen LogP contribution in [-0.4, -0.2) is 44.7 Å². The number of nitrogens with zero attached hydrogens (tertiary/aromatic N) is 2. The number of hydrogen-bond donors (Lipinski definition) is 3. The van der Waals surface area contributed by atoms with Gasteiger partial charge in [-0.05, 0) is 56.6 Å². The third kappa shape index (κ3) is 3.63. The first-order valence-corrected chi connectivity index (χ1v) is 9.23. The number of aromatic nitrogens is 2. The molecule has 1 saturated carbocycles. The van der Waals surface area contributed by atoms with E-state index in [9.17, 15) is 19.8 Å². The van der Waals surface area contributed by atoms with E-state index in [0.29, 0.717) is 11.3 Å². The Bertz CT molecular complexity index is 1160. The molecule has 7 nitrogen and oxygen atoms in total. The number of aromatic carboxylic acids is 1. The molecule has 2 heterocycles. The summed E-state index contributed by atoms with van der Waals surface area (Å²) < 4.78 is 2.13. The first-order chi connectivity index (χ1) is 13.3. The summed E-state index contributed by atoms with van der Waals surface area (Å²) >= 11 is 0. The minimum atomic E-state index is -1.42. The van der Waals surface area contributed by atoms with Gasteiger partial charge in [0.05, 0.1) is 5.69 Å². The SMILES string of the molecule is CN(C)Cc1cc2cc(-c3[nH]c(=O)c(C(=O)O)c(O)c3C3CC3)ccc2n1C.Cl. The Morgan fingerprint density at radius 2 is 1.97 bits per heavy atom. The number of pyridine rings is 1. The molecule has 0 unspecified atom stereocenters. The predicted octanol–water partition coefficient (Wildman–Crippen LogP) is 3.30. The lowest BCUT2D eigenvalue weighted by Crippen LogP contribution is -2.20. The van der Waals surface area contributed by atoms with Gasteiger partial charge < -0.3 is 24.7 Å². The van der Waals surface area contributed by atoms with Crippen LogP contribution in [-0.2, 0) is 13.6 Å². The van der Waals surface area contributed by atoms with Gasteiger partial charge in [0.15, 0.2) is 5.56 Å². The number of carboxylic acid groups (broad SMARTS) is 1. The molecule has 2 aromatic heterocycles. The van der Waals surface area contributed by atoms with Crippen molar-refractivity contribution in [3.8, 4) is 17.0 Å². The Morgan fingerprint density at radius 3 is 2.55 bits per heavy atom. The van der Waals surface area contributed by atoms with Gasteiger partial charge in [-0.3, -0.25) is 4.79 Å². The zero-order chi connectivity index (χ0) is 20.2. The summed E-state index contributed by atoms with van der Waals surface area (Å²) in [6.07, 6.45) is 1.73. The van der Waals surface area contributed by atoms with E-state index in [4.69, 9.17) is 0 Å². The largest absolute Gasteiger partial charge is 0.506 e. The van der Waals surface area contributed by atoms with Crippen LogP contribution in [0.4, 0.5) is 0 Å². The van der Waals surface area contributed by atoms with E-state index in [0.717, 1.165) is 41.5 Å². The van der Waals surface area contributed by atoms with Crippen LogP contribution in [0.2, 0.25) is 0 Å². The van der Waals surface area contributed by atoms with E-state index in [1.165, 1.54) is 0 Å². The van der Waals surface area contributed by atoms with Crippen molar-refractivity contribution in [2.75, 3.05) is 14.1 Å². The van der Waals surface area contributed by atoms with Crippen molar-refractivity contribution in [3.05, 3.63) is 51.4 Å². The zero-order valence-corrected chi connectivity index (χ0v) is 17.3. The molecule has 0 bridgehead atoms. The fraction of sp³-hybridized carbons (Fsp3) is 0.333. The predicted molar refractivity (Wildman–Crippen MR) is 114 cm³/mol. The molecular formula is C21H24ClN3O4. The molecule has 0 saturated heterocycles. The minimum Gasteiger partial charge on any atom is -0.506 e. The van der Waals surface area contributed by atoms with Gasteiger partial charge >= 0.3 is 5.97 Å². The number of nitrogens with one attached hydrogen (secondary N) is 1. The summed E-state index contributed by atoms with van der Waals surface area (Å²) in [4.78, 5) is 28.5. The topological polar surface area (TPSA) is 98.6 Å². The number of aryl methyl sites for hydroxylation is 1. The molecule has 0 radical (unpaired) electrons. The van der Waals surface area contributed by atoms with E-state index in [1.807, 2.05) is 39.3 Å². The van der Waals surface area contributed by atoms with Crippen LogP contribution in [0.5, 0.6) is 5.75 Å². The second kappa shape index (κ2) is 7.57. The molecule has 4 rings (SSSR count). The Hall–Kier alpha value is -2.77. The lowest BCUT2D eigenvalue weighted by atomic mass is 9.98. The van der Waals surface area contributed by atoms with E-state index >= 15 is 0 Å². The Kier molecular flexibility index (Phi) is 5.47. The number of fused-ring (bicyclic) bond motifs is 1. The molecule has 0 aliphatic heterocycles. The number of benzene rings is 1. The average molecular weight is 418 g/mol. The van der Waals surface area contributed by atoms with Gasteiger partial charge in [-0.2, -0.15) is 0 Å². The molecule has 1 aliphatic carbocycles. The molecule has 1 aliphatic rings. The second-order valence-corrected chi connectivity index (χ2v) is 7.75. The smallest absolute Gasteiger partial charge is 0.345 e. The van der Waals surface area contributed by atoms with Gasteiger partial charge in [-0.1, -0.05) is 6.07 Å². The van der Waals surface area contributed by atoms with Crippen molar-refractivity contribution in [1.29, 1.82) is 0 Å². The number of aromatic hydroxyl groups is 1. The molecule has 0 spiro atoms. The number of hydrogen-bond acceptors (Lipinski definition) is 4. The highest BCUT2D eigenvalue weighted by Crippen LogP contribution is 2.48. The van der Waals surface area contributed by atoms with Crippen molar-refractivity contribution in [2.45, 2.75) is 25.3 Å². The van der Waals surface area contributed by atoms with Gasteiger partial charge in [0, 0.05) is 35.8 Å². The van der Waals surface area contributed by atoms with Crippen molar-refractivity contribution >= 4 is 29.3 Å². The lowest BCUT2D eigenvalue weighted by Gasteiger charge is -2.13. The first kappa shape index (κ1) is 21.0. The Labute approximate surface area is 174 Å². The van der Waals surface area contributed by atoms with Crippen LogP contribution in [0.15, 0.2) is 29.1 Å². The third-order valence-corrected chi connectivity index (χ3v) is 5.34. The number of H-pyrrole nitrogens is 1. The van der Waals surface area contributed by atoms with Crippen LogP contribution >= 0.6 is 12.4 Å². The van der Waals surface area contributed by atoms with E-state index < -0.39 is 22.8 Å². The van der Waals surface area contributed by atoms with Gasteiger partial charge in [0.25, 0.3) is 5.56 Å². The van der Waals surface area contributed by atoms with E-state index in [-0.39, 0.29) is 18.3 Å². The summed E-state index contributed by atoms with van der Waals surface area (Å²) in [7, 11) is 6.05.